The number of nitro groups is 1. The van der Waals surface area contributed by atoms with Gasteiger partial charge in [0.15, 0.2) is 4.90 Å². The predicted molar refractivity (Wildman–Crippen MR) is 69.3 cm³/mol. The topological polar surface area (TPSA) is 89.6 Å². The third-order valence-electron chi connectivity index (χ3n) is 2.36. The van der Waals surface area contributed by atoms with Gasteiger partial charge in [-0.15, -0.1) is 0 Å². The molecule has 0 spiro atoms. The minimum absolute atomic E-state index is 0.223. The minimum atomic E-state index is -4.11. The third kappa shape index (κ3) is 2.94. The standard InChI is InChI=1S/C12H9N2O4S/c15-14(16)11-8-4-5-9-12(11)19(17,18)13-10-6-2-1-3-7-10/h1-5,8-9H,6H2. The lowest BCUT2D eigenvalue weighted by atomic mass is 10.2. The van der Waals surface area contributed by atoms with Gasteiger partial charge in [0.25, 0.3) is 15.7 Å². The average Bonchev–Trinajstić information content (AvgIpc) is 2.39. The van der Waals surface area contributed by atoms with E-state index in [9.17, 15) is 18.5 Å². The zero-order chi connectivity index (χ0) is 13.9. The van der Waals surface area contributed by atoms with E-state index in [1.807, 2.05) is 0 Å². The SMILES string of the molecule is O=[N+]([O-])c1ccccc1S(=O)(=O)N=C1[C]=CC=CC1. The Labute approximate surface area is 110 Å². The lowest BCUT2D eigenvalue weighted by molar-refractivity contribution is -0.387. The van der Waals surface area contributed by atoms with Crippen LogP contribution in [0.1, 0.15) is 6.42 Å². The van der Waals surface area contributed by atoms with Crippen molar-refractivity contribution in [3.63, 3.8) is 0 Å². The van der Waals surface area contributed by atoms with Crippen LogP contribution in [-0.4, -0.2) is 19.1 Å². The van der Waals surface area contributed by atoms with Crippen LogP contribution >= 0.6 is 0 Å². The summed E-state index contributed by atoms with van der Waals surface area (Å²) in [4.78, 5) is 9.66. The first-order chi connectivity index (χ1) is 9.00. The van der Waals surface area contributed by atoms with E-state index in [1.54, 1.807) is 12.2 Å². The molecule has 0 amide bonds. The molecule has 0 fully saturated rings. The highest BCUT2D eigenvalue weighted by molar-refractivity contribution is 7.90. The second kappa shape index (κ2) is 5.15. The summed E-state index contributed by atoms with van der Waals surface area (Å²) in [5, 5.41) is 10.8. The van der Waals surface area contributed by atoms with E-state index in [0.717, 1.165) is 6.07 Å². The zero-order valence-electron chi connectivity index (χ0n) is 9.68. The molecule has 1 aliphatic rings. The maximum absolute atomic E-state index is 12.1. The molecule has 0 aromatic heterocycles. The van der Waals surface area contributed by atoms with Crippen LogP contribution in [0, 0.1) is 16.2 Å². The number of hydrogen-bond donors (Lipinski definition) is 0. The lowest BCUT2D eigenvalue weighted by Crippen LogP contribution is -2.06. The van der Waals surface area contributed by atoms with Crippen molar-refractivity contribution < 1.29 is 13.3 Å². The van der Waals surface area contributed by atoms with Crippen LogP contribution in [0.15, 0.2) is 51.8 Å². The van der Waals surface area contributed by atoms with Crippen LogP contribution in [0.4, 0.5) is 5.69 Å². The van der Waals surface area contributed by atoms with Crippen molar-refractivity contribution in [2.45, 2.75) is 11.3 Å². The van der Waals surface area contributed by atoms with Gasteiger partial charge in [-0.1, -0.05) is 30.4 Å². The Morgan fingerprint density at radius 3 is 2.68 bits per heavy atom. The zero-order valence-corrected chi connectivity index (χ0v) is 10.5. The summed E-state index contributed by atoms with van der Waals surface area (Å²) in [5.41, 5.74) is -0.261. The summed E-state index contributed by atoms with van der Waals surface area (Å²) < 4.78 is 27.7. The molecule has 0 aliphatic heterocycles. The molecule has 0 atom stereocenters. The Balaban J connectivity index is 2.49. The molecular formula is C12H9N2O4S. The van der Waals surface area contributed by atoms with Crippen LogP contribution in [0.3, 0.4) is 0 Å². The second-order valence-electron chi connectivity index (χ2n) is 3.68. The lowest BCUT2D eigenvalue weighted by Gasteiger charge is -2.03. The number of sulfonamides is 1. The first kappa shape index (κ1) is 13.2. The van der Waals surface area contributed by atoms with Crippen LogP contribution in [0.25, 0.3) is 0 Å². The van der Waals surface area contributed by atoms with E-state index in [0.29, 0.717) is 6.42 Å². The Bertz CT molecular complexity index is 702. The van der Waals surface area contributed by atoms with E-state index in [1.165, 1.54) is 24.3 Å². The summed E-state index contributed by atoms with van der Waals surface area (Å²) in [6.45, 7) is 0. The number of benzene rings is 1. The Hall–Kier alpha value is -2.28. The fourth-order valence-corrected chi connectivity index (χ4v) is 2.71. The monoisotopic (exact) mass is 277 g/mol. The highest BCUT2D eigenvalue weighted by Gasteiger charge is 2.24. The van der Waals surface area contributed by atoms with Gasteiger partial charge in [0.1, 0.15) is 0 Å². The average molecular weight is 277 g/mol. The van der Waals surface area contributed by atoms with Gasteiger partial charge in [-0.2, -0.15) is 12.8 Å². The maximum Gasteiger partial charge on any atom is 0.289 e. The van der Waals surface area contributed by atoms with Crippen molar-refractivity contribution in [3.05, 3.63) is 58.7 Å². The number of para-hydroxylation sites is 1. The van der Waals surface area contributed by atoms with E-state index in [-0.39, 0.29) is 5.71 Å². The molecule has 0 saturated carbocycles. The van der Waals surface area contributed by atoms with Gasteiger partial charge >= 0.3 is 0 Å². The van der Waals surface area contributed by atoms with Gasteiger partial charge in [0, 0.05) is 18.6 Å². The number of hydrogen-bond acceptors (Lipinski definition) is 4. The summed E-state index contributed by atoms with van der Waals surface area (Å²) in [6, 6.07) is 5.12. The molecule has 1 aromatic carbocycles. The molecule has 2 rings (SSSR count). The molecule has 1 radical (unpaired) electrons. The number of allylic oxidation sites excluding steroid dienone is 4. The van der Waals surface area contributed by atoms with Crippen molar-refractivity contribution >= 4 is 21.4 Å². The smallest absolute Gasteiger partial charge is 0.258 e. The largest absolute Gasteiger partial charge is 0.289 e. The van der Waals surface area contributed by atoms with Crippen molar-refractivity contribution in [3.8, 4) is 0 Å². The van der Waals surface area contributed by atoms with Crippen LogP contribution in [-0.2, 0) is 10.0 Å². The van der Waals surface area contributed by atoms with Crippen molar-refractivity contribution in [2.24, 2.45) is 4.40 Å². The van der Waals surface area contributed by atoms with Crippen molar-refractivity contribution in [1.82, 2.24) is 0 Å². The summed E-state index contributed by atoms with van der Waals surface area (Å²) in [5.74, 6) is 0. The highest BCUT2D eigenvalue weighted by atomic mass is 32.2. The number of rotatable bonds is 3. The minimum Gasteiger partial charge on any atom is -0.258 e. The molecule has 19 heavy (non-hydrogen) atoms. The fourth-order valence-electron chi connectivity index (χ4n) is 1.53. The molecule has 6 nitrogen and oxygen atoms in total. The molecule has 0 saturated heterocycles. The first-order valence-electron chi connectivity index (χ1n) is 5.33. The van der Waals surface area contributed by atoms with Gasteiger partial charge < -0.3 is 0 Å². The second-order valence-corrected chi connectivity index (χ2v) is 5.25. The molecule has 1 aliphatic carbocycles. The molecule has 7 heteroatoms. The molecule has 97 valence electrons. The van der Waals surface area contributed by atoms with Gasteiger partial charge in [0.2, 0.25) is 0 Å². The van der Waals surface area contributed by atoms with Gasteiger partial charge in [-0.05, 0) is 6.07 Å². The maximum atomic E-state index is 12.1. The molecule has 0 unspecified atom stereocenters. The Kier molecular flexibility index (Phi) is 3.57. The van der Waals surface area contributed by atoms with Crippen molar-refractivity contribution in [1.29, 1.82) is 0 Å². The number of nitro benzene ring substituents is 1. The molecule has 0 bridgehead atoms. The quantitative estimate of drug-likeness (QED) is 0.624. The molecular weight excluding hydrogens is 268 g/mol. The predicted octanol–water partition coefficient (Wildman–Crippen LogP) is 2.04. The van der Waals surface area contributed by atoms with Gasteiger partial charge in [0.05, 0.1) is 10.6 Å². The summed E-state index contributed by atoms with van der Waals surface area (Å²) in [7, 11) is -4.11. The van der Waals surface area contributed by atoms with E-state index >= 15 is 0 Å². The summed E-state index contributed by atoms with van der Waals surface area (Å²) >= 11 is 0. The van der Waals surface area contributed by atoms with Gasteiger partial charge in [-0.25, -0.2) is 0 Å². The Morgan fingerprint density at radius 2 is 2.05 bits per heavy atom. The highest BCUT2D eigenvalue weighted by Crippen LogP contribution is 2.25. The van der Waals surface area contributed by atoms with Crippen molar-refractivity contribution in [2.75, 3.05) is 0 Å². The van der Waals surface area contributed by atoms with E-state index in [2.05, 4.69) is 10.5 Å². The first-order valence-corrected chi connectivity index (χ1v) is 6.77. The van der Waals surface area contributed by atoms with Crippen LogP contribution in [0.2, 0.25) is 0 Å². The van der Waals surface area contributed by atoms with Crippen LogP contribution < -0.4 is 0 Å². The summed E-state index contributed by atoms with van der Waals surface area (Å²) in [6.07, 6.45) is 8.00. The fraction of sp³-hybridized carbons (Fsp3) is 0.0833. The molecule has 0 heterocycles. The normalized spacial score (nSPS) is 16.7. The van der Waals surface area contributed by atoms with Crippen LogP contribution in [0.5, 0.6) is 0 Å². The number of nitrogens with zero attached hydrogens (tertiary/aromatic N) is 2. The van der Waals surface area contributed by atoms with Gasteiger partial charge in [-0.3, -0.25) is 10.1 Å². The van der Waals surface area contributed by atoms with E-state index < -0.39 is 25.5 Å². The Morgan fingerprint density at radius 1 is 1.32 bits per heavy atom. The van der Waals surface area contributed by atoms with E-state index in [4.69, 9.17) is 0 Å². The molecule has 0 N–H and O–H groups in total. The third-order valence-corrected chi connectivity index (χ3v) is 3.73. The molecule has 1 aromatic rings.